The summed E-state index contributed by atoms with van der Waals surface area (Å²) in [7, 11) is 0. The van der Waals surface area contributed by atoms with Crippen molar-refractivity contribution in [2.45, 2.75) is 40.2 Å². The highest BCUT2D eigenvalue weighted by molar-refractivity contribution is 7.14. The average Bonchev–Trinajstić information content (AvgIpc) is 2.74. The van der Waals surface area contributed by atoms with Crippen LogP contribution >= 0.6 is 11.3 Å². The van der Waals surface area contributed by atoms with E-state index in [0.717, 1.165) is 16.9 Å². The van der Waals surface area contributed by atoms with Gasteiger partial charge in [-0.2, -0.15) is 0 Å². The topological polar surface area (TPSA) is 49.3 Å². The molecule has 1 amide bonds. The molecule has 1 aromatic rings. The van der Waals surface area contributed by atoms with Crippen molar-refractivity contribution in [2.24, 2.45) is 5.92 Å². The van der Waals surface area contributed by atoms with Crippen LogP contribution in [0.5, 0.6) is 0 Å². The van der Waals surface area contributed by atoms with E-state index >= 15 is 0 Å². The lowest BCUT2D eigenvalue weighted by molar-refractivity contribution is 0.0928. The number of aryl methyl sites for hydroxylation is 1. The standard InChI is InChI=1S/C15H21NO2S/c1-5-12(10(2)3)16-15(18)14-9-11(4)13(19-14)7-6-8-17/h9-10,12,17H,5,8H2,1-4H3,(H,16,18). The number of aliphatic hydroxyl groups excluding tert-OH is 1. The minimum absolute atomic E-state index is 0.0364. The van der Waals surface area contributed by atoms with Crippen LogP contribution in [0, 0.1) is 24.7 Å². The highest BCUT2D eigenvalue weighted by atomic mass is 32.1. The molecular formula is C15H21NO2S. The summed E-state index contributed by atoms with van der Waals surface area (Å²) < 4.78 is 0. The molecule has 0 saturated carbocycles. The summed E-state index contributed by atoms with van der Waals surface area (Å²) in [6.45, 7) is 8.04. The van der Waals surface area contributed by atoms with Crippen LogP contribution in [0.25, 0.3) is 0 Å². The zero-order chi connectivity index (χ0) is 14.4. The van der Waals surface area contributed by atoms with Gasteiger partial charge in [0.05, 0.1) is 9.75 Å². The zero-order valence-corrected chi connectivity index (χ0v) is 12.7. The predicted molar refractivity (Wildman–Crippen MR) is 79.4 cm³/mol. The number of nitrogens with one attached hydrogen (secondary N) is 1. The fourth-order valence-corrected chi connectivity index (χ4v) is 2.77. The van der Waals surface area contributed by atoms with E-state index in [1.807, 2.05) is 13.0 Å². The molecule has 104 valence electrons. The molecule has 0 aliphatic heterocycles. The van der Waals surface area contributed by atoms with E-state index in [9.17, 15) is 4.79 Å². The third kappa shape index (κ3) is 4.38. The summed E-state index contributed by atoms with van der Waals surface area (Å²) in [6.07, 6.45) is 0.922. The molecule has 0 radical (unpaired) electrons. The van der Waals surface area contributed by atoms with Gasteiger partial charge in [0, 0.05) is 6.04 Å². The molecule has 4 heteroatoms. The first-order chi connectivity index (χ1) is 8.99. The molecular weight excluding hydrogens is 258 g/mol. The Morgan fingerprint density at radius 2 is 2.21 bits per heavy atom. The van der Waals surface area contributed by atoms with Gasteiger partial charge in [-0.1, -0.05) is 32.6 Å². The van der Waals surface area contributed by atoms with E-state index < -0.39 is 0 Å². The van der Waals surface area contributed by atoms with Crippen molar-refractivity contribution in [1.82, 2.24) is 5.32 Å². The third-order valence-corrected chi connectivity index (χ3v) is 4.13. The molecule has 1 rings (SSSR count). The molecule has 1 unspecified atom stereocenters. The number of amides is 1. The third-order valence-electron chi connectivity index (χ3n) is 2.98. The molecule has 0 saturated heterocycles. The molecule has 3 nitrogen and oxygen atoms in total. The van der Waals surface area contributed by atoms with Gasteiger partial charge in [0.1, 0.15) is 6.61 Å². The van der Waals surface area contributed by atoms with Crippen molar-refractivity contribution >= 4 is 17.2 Å². The normalized spacial score (nSPS) is 11.9. The summed E-state index contributed by atoms with van der Waals surface area (Å²) in [6, 6.07) is 2.05. The van der Waals surface area contributed by atoms with Crippen LogP contribution in [0.15, 0.2) is 6.07 Å². The van der Waals surface area contributed by atoms with Crippen LogP contribution in [-0.2, 0) is 0 Å². The van der Waals surface area contributed by atoms with E-state index in [0.29, 0.717) is 10.8 Å². The van der Waals surface area contributed by atoms with Gasteiger partial charge in [-0.3, -0.25) is 4.79 Å². The Bertz CT molecular complexity index is 494. The van der Waals surface area contributed by atoms with Crippen molar-refractivity contribution in [3.05, 3.63) is 21.4 Å². The first-order valence-electron chi connectivity index (χ1n) is 6.50. The van der Waals surface area contributed by atoms with E-state index in [-0.39, 0.29) is 18.6 Å². The summed E-state index contributed by atoms with van der Waals surface area (Å²) >= 11 is 1.37. The number of thiophene rings is 1. The van der Waals surface area contributed by atoms with Gasteiger partial charge in [-0.25, -0.2) is 0 Å². The van der Waals surface area contributed by atoms with Crippen LogP contribution in [0.4, 0.5) is 0 Å². The van der Waals surface area contributed by atoms with Gasteiger partial charge in [0.25, 0.3) is 5.91 Å². The maximum atomic E-state index is 12.2. The Kier molecular flexibility index (Phi) is 6.07. The number of hydrogen-bond donors (Lipinski definition) is 2. The molecule has 0 bridgehead atoms. The summed E-state index contributed by atoms with van der Waals surface area (Å²) in [5.74, 6) is 5.86. The maximum absolute atomic E-state index is 12.2. The SMILES string of the molecule is CCC(NC(=O)c1cc(C)c(C#CCO)s1)C(C)C. The van der Waals surface area contributed by atoms with E-state index in [2.05, 4.69) is 37.9 Å². The molecule has 19 heavy (non-hydrogen) atoms. The molecule has 0 aromatic carbocycles. The lowest BCUT2D eigenvalue weighted by Crippen LogP contribution is -2.37. The largest absolute Gasteiger partial charge is 0.384 e. The average molecular weight is 279 g/mol. The molecule has 1 atom stereocenters. The number of hydrogen-bond acceptors (Lipinski definition) is 3. The number of rotatable bonds is 4. The Hall–Kier alpha value is -1.31. The molecule has 0 aliphatic carbocycles. The van der Waals surface area contributed by atoms with Crippen LogP contribution in [0.2, 0.25) is 0 Å². The molecule has 0 spiro atoms. The van der Waals surface area contributed by atoms with Gasteiger partial charge in [0.15, 0.2) is 0 Å². The monoisotopic (exact) mass is 279 g/mol. The second kappa shape index (κ2) is 7.32. The van der Waals surface area contributed by atoms with Gasteiger partial charge >= 0.3 is 0 Å². The minimum Gasteiger partial charge on any atom is -0.384 e. The molecule has 0 fully saturated rings. The highest BCUT2D eigenvalue weighted by Crippen LogP contribution is 2.21. The smallest absolute Gasteiger partial charge is 0.261 e. The van der Waals surface area contributed by atoms with Crippen LogP contribution in [-0.4, -0.2) is 23.7 Å². The van der Waals surface area contributed by atoms with Crippen molar-refractivity contribution in [3.8, 4) is 11.8 Å². The van der Waals surface area contributed by atoms with E-state index in [1.54, 1.807) is 0 Å². The number of carbonyl (C=O) groups excluding carboxylic acids is 1. The number of carbonyl (C=O) groups is 1. The maximum Gasteiger partial charge on any atom is 0.261 e. The van der Waals surface area contributed by atoms with E-state index in [1.165, 1.54) is 11.3 Å². The fourth-order valence-electron chi connectivity index (χ4n) is 1.82. The van der Waals surface area contributed by atoms with Gasteiger partial charge < -0.3 is 10.4 Å². The first kappa shape index (κ1) is 15.7. The lowest BCUT2D eigenvalue weighted by atomic mass is 10.0. The zero-order valence-electron chi connectivity index (χ0n) is 11.9. The van der Waals surface area contributed by atoms with Crippen LogP contribution < -0.4 is 5.32 Å². The Labute approximate surface area is 119 Å². The minimum atomic E-state index is -0.163. The summed E-state index contributed by atoms with van der Waals surface area (Å²) in [5, 5.41) is 11.8. The van der Waals surface area contributed by atoms with Gasteiger partial charge in [-0.15, -0.1) is 11.3 Å². The molecule has 0 aliphatic rings. The first-order valence-corrected chi connectivity index (χ1v) is 7.32. The second-order valence-electron chi connectivity index (χ2n) is 4.81. The Morgan fingerprint density at radius 1 is 1.53 bits per heavy atom. The van der Waals surface area contributed by atoms with Crippen LogP contribution in [0.1, 0.15) is 47.3 Å². The van der Waals surface area contributed by atoms with Gasteiger partial charge in [-0.05, 0) is 30.9 Å². The van der Waals surface area contributed by atoms with Crippen molar-refractivity contribution in [2.75, 3.05) is 6.61 Å². The fraction of sp³-hybridized carbons (Fsp3) is 0.533. The molecule has 1 aromatic heterocycles. The van der Waals surface area contributed by atoms with Gasteiger partial charge in [0.2, 0.25) is 0 Å². The van der Waals surface area contributed by atoms with Crippen LogP contribution in [0.3, 0.4) is 0 Å². The van der Waals surface area contributed by atoms with Crippen molar-refractivity contribution < 1.29 is 9.90 Å². The Balaban J connectivity index is 2.83. The molecule has 1 heterocycles. The molecule has 2 N–H and O–H groups in total. The summed E-state index contributed by atoms with van der Waals surface area (Å²) in [5.41, 5.74) is 0.980. The Morgan fingerprint density at radius 3 is 2.74 bits per heavy atom. The van der Waals surface area contributed by atoms with Crippen molar-refractivity contribution in [1.29, 1.82) is 0 Å². The number of aliphatic hydroxyl groups is 1. The highest BCUT2D eigenvalue weighted by Gasteiger charge is 2.17. The van der Waals surface area contributed by atoms with E-state index in [4.69, 9.17) is 5.11 Å². The lowest BCUT2D eigenvalue weighted by Gasteiger charge is -2.20. The summed E-state index contributed by atoms with van der Waals surface area (Å²) in [4.78, 5) is 13.7. The predicted octanol–water partition coefficient (Wildman–Crippen LogP) is 2.56. The van der Waals surface area contributed by atoms with Crippen molar-refractivity contribution in [3.63, 3.8) is 0 Å². The second-order valence-corrected chi connectivity index (χ2v) is 5.87. The quantitative estimate of drug-likeness (QED) is 0.832.